The van der Waals surface area contributed by atoms with Gasteiger partial charge in [0.1, 0.15) is 0 Å². The SMILES string of the molecule is CC(O)CC(C)(C)CNC(=O)CNCC1CCCO1. The summed E-state index contributed by atoms with van der Waals surface area (Å²) in [6.45, 7) is 8.34. The second-order valence-corrected chi connectivity index (χ2v) is 6.26. The second kappa shape index (κ2) is 7.82. The van der Waals surface area contributed by atoms with Crippen molar-refractivity contribution in [2.45, 2.75) is 52.2 Å². The lowest BCUT2D eigenvalue weighted by molar-refractivity contribution is -0.120. The number of hydrogen-bond donors (Lipinski definition) is 3. The topological polar surface area (TPSA) is 70.6 Å². The maximum atomic E-state index is 11.7. The first-order valence-corrected chi connectivity index (χ1v) is 7.16. The summed E-state index contributed by atoms with van der Waals surface area (Å²) in [5.41, 5.74) is -0.0849. The smallest absolute Gasteiger partial charge is 0.233 e. The highest BCUT2D eigenvalue weighted by atomic mass is 16.5. The van der Waals surface area contributed by atoms with E-state index in [0.29, 0.717) is 19.5 Å². The van der Waals surface area contributed by atoms with Crippen molar-refractivity contribution in [3.05, 3.63) is 0 Å². The van der Waals surface area contributed by atoms with Crippen LogP contribution in [-0.4, -0.2) is 49.5 Å². The van der Waals surface area contributed by atoms with E-state index in [1.165, 1.54) is 0 Å². The molecule has 1 fully saturated rings. The molecular weight excluding hydrogens is 244 g/mol. The van der Waals surface area contributed by atoms with E-state index >= 15 is 0 Å². The van der Waals surface area contributed by atoms with Crippen LogP contribution in [0.2, 0.25) is 0 Å². The number of nitrogens with one attached hydrogen (secondary N) is 2. The molecule has 0 aromatic rings. The summed E-state index contributed by atoms with van der Waals surface area (Å²) >= 11 is 0. The molecule has 2 atom stereocenters. The van der Waals surface area contributed by atoms with Gasteiger partial charge < -0.3 is 20.5 Å². The van der Waals surface area contributed by atoms with Crippen molar-refractivity contribution in [2.24, 2.45) is 5.41 Å². The van der Waals surface area contributed by atoms with Crippen LogP contribution in [-0.2, 0) is 9.53 Å². The zero-order valence-corrected chi connectivity index (χ0v) is 12.4. The van der Waals surface area contributed by atoms with Gasteiger partial charge >= 0.3 is 0 Å². The highest BCUT2D eigenvalue weighted by molar-refractivity contribution is 5.78. The minimum Gasteiger partial charge on any atom is -0.393 e. The van der Waals surface area contributed by atoms with Gasteiger partial charge in [0, 0.05) is 19.7 Å². The molecule has 0 spiro atoms. The van der Waals surface area contributed by atoms with Gasteiger partial charge in [-0.25, -0.2) is 0 Å². The summed E-state index contributed by atoms with van der Waals surface area (Å²) < 4.78 is 5.47. The molecule has 1 heterocycles. The molecule has 0 aromatic heterocycles. The number of carbonyl (C=O) groups is 1. The van der Waals surface area contributed by atoms with E-state index in [4.69, 9.17) is 4.74 Å². The lowest BCUT2D eigenvalue weighted by Gasteiger charge is -2.26. The number of aliphatic hydroxyl groups is 1. The molecule has 0 bridgehead atoms. The minimum absolute atomic E-state index is 0.00309. The van der Waals surface area contributed by atoms with E-state index in [2.05, 4.69) is 10.6 Å². The average Bonchev–Trinajstić information content (AvgIpc) is 2.78. The third kappa shape index (κ3) is 7.50. The van der Waals surface area contributed by atoms with Crippen LogP contribution >= 0.6 is 0 Å². The average molecular weight is 272 g/mol. The van der Waals surface area contributed by atoms with Gasteiger partial charge in [-0.2, -0.15) is 0 Å². The Hall–Kier alpha value is -0.650. The summed E-state index contributed by atoms with van der Waals surface area (Å²) in [6.07, 6.45) is 2.79. The van der Waals surface area contributed by atoms with E-state index in [-0.39, 0.29) is 23.5 Å². The normalized spacial score (nSPS) is 21.4. The van der Waals surface area contributed by atoms with Crippen LogP contribution in [0, 0.1) is 5.41 Å². The molecule has 1 rings (SSSR count). The highest BCUT2D eigenvalue weighted by Gasteiger charge is 2.21. The molecule has 1 aliphatic heterocycles. The lowest BCUT2D eigenvalue weighted by atomic mass is 9.87. The fourth-order valence-electron chi connectivity index (χ4n) is 2.42. The zero-order chi connectivity index (χ0) is 14.3. The molecule has 3 N–H and O–H groups in total. The molecule has 0 saturated carbocycles. The third-order valence-electron chi connectivity index (χ3n) is 3.29. The van der Waals surface area contributed by atoms with Crippen molar-refractivity contribution < 1.29 is 14.6 Å². The third-order valence-corrected chi connectivity index (χ3v) is 3.29. The minimum atomic E-state index is -0.343. The molecule has 1 aliphatic rings. The standard InChI is InChI=1S/C14H28N2O3/c1-11(17)7-14(2,3)10-16-13(18)9-15-8-12-5-4-6-19-12/h11-12,15,17H,4-10H2,1-3H3,(H,16,18). The number of aliphatic hydroxyl groups excluding tert-OH is 1. The Bertz CT molecular complexity index is 274. The van der Waals surface area contributed by atoms with Gasteiger partial charge in [0.15, 0.2) is 0 Å². The monoisotopic (exact) mass is 272 g/mol. The van der Waals surface area contributed by atoms with E-state index in [1.807, 2.05) is 13.8 Å². The summed E-state index contributed by atoms with van der Waals surface area (Å²) in [5.74, 6) is -0.00309. The molecule has 5 heteroatoms. The first kappa shape index (κ1) is 16.4. The van der Waals surface area contributed by atoms with Crippen LogP contribution in [0.15, 0.2) is 0 Å². The maximum absolute atomic E-state index is 11.7. The first-order chi connectivity index (χ1) is 8.89. The van der Waals surface area contributed by atoms with Gasteiger partial charge in [0.25, 0.3) is 0 Å². The highest BCUT2D eigenvalue weighted by Crippen LogP contribution is 2.20. The molecule has 2 unspecified atom stereocenters. The number of rotatable bonds is 8. The van der Waals surface area contributed by atoms with Crippen molar-refractivity contribution in [2.75, 3.05) is 26.2 Å². The molecule has 112 valence electrons. The summed E-state index contributed by atoms with van der Waals surface area (Å²) in [6, 6.07) is 0. The molecule has 0 aromatic carbocycles. The number of hydrogen-bond acceptors (Lipinski definition) is 4. The van der Waals surface area contributed by atoms with Crippen LogP contribution < -0.4 is 10.6 Å². The van der Waals surface area contributed by atoms with Crippen molar-refractivity contribution >= 4 is 5.91 Å². The predicted molar refractivity (Wildman–Crippen MR) is 74.9 cm³/mol. The number of carbonyl (C=O) groups excluding carboxylic acids is 1. The summed E-state index contributed by atoms with van der Waals surface area (Å²) in [7, 11) is 0. The van der Waals surface area contributed by atoms with E-state index in [1.54, 1.807) is 6.92 Å². The molecule has 0 radical (unpaired) electrons. The number of amides is 1. The Balaban J connectivity index is 2.09. The van der Waals surface area contributed by atoms with Crippen LogP contribution in [0.1, 0.15) is 40.0 Å². The van der Waals surface area contributed by atoms with Gasteiger partial charge in [-0.3, -0.25) is 4.79 Å². The van der Waals surface area contributed by atoms with Gasteiger partial charge in [0.2, 0.25) is 5.91 Å². The Morgan fingerprint density at radius 2 is 2.26 bits per heavy atom. The Morgan fingerprint density at radius 3 is 2.84 bits per heavy atom. The predicted octanol–water partition coefficient (Wildman–Crippen LogP) is 0.668. The van der Waals surface area contributed by atoms with Crippen molar-refractivity contribution in [1.29, 1.82) is 0 Å². The molecule has 1 amide bonds. The molecule has 19 heavy (non-hydrogen) atoms. The maximum Gasteiger partial charge on any atom is 0.233 e. The van der Waals surface area contributed by atoms with Crippen molar-refractivity contribution in [3.8, 4) is 0 Å². The first-order valence-electron chi connectivity index (χ1n) is 7.16. The number of ether oxygens (including phenoxy) is 1. The van der Waals surface area contributed by atoms with Crippen LogP contribution in [0.3, 0.4) is 0 Å². The van der Waals surface area contributed by atoms with Gasteiger partial charge in [0.05, 0.1) is 18.8 Å². The Morgan fingerprint density at radius 1 is 1.53 bits per heavy atom. The second-order valence-electron chi connectivity index (χ2n) is 6.26. The fourth-order valence-corrected chi connectivity index (χ4v) is 2.42. The van der Waals surface area contributed by atoms with Gasteiger partial charge in [-0.15, -0.1) is 0 Å². The van der Waals surface area contributed by atoms with Crippen LogP contribution in [0.4, 0.5) is 0 Å². The Kier molecular flexibility index (Phi) is 6.75. The van der Waals surface area contributed by atoms with E-state index < -0.39 is 0 Å². The van der Waals surface area contributed by atoms with Crippen molar-refractivity contribution in [1.82, 2.24) is 10.6 Å². The largest absolute Gasteiger partial charge is 0.393 e. The van der Waals surface area contributed by atoms with Gasteiger partial charge in [-0.05, 0) is 31.6 Å². The van der Waals surface area contributed by atoms with Crippen molar-refractivity contribution in [3.63, 3.8) is 0 Å². The zero-order valence-electron chi connectivity index (χ0n) is 12.4. The lowest BCUT2D eigenvalue weighted by Crippen LogP contribution is -2.41. The van der Waals surface area contributed by atoms with E-state index in [9.17, 15) is 9.90 Å². The quantitative estimate of drug-likeness (QED) is 0.607. The summed E-state index contributed by atoms with van der Waals surface area (Å²) in [5, 5.41) is 15.4. The Labute approximate surface area is 116 Å². The molecule has 0 aliphatic carbocycles. The summed E-state index contributed by atoms with van der Waals surface area (Å²) in [4.78, 5) is 11.7. The fraction of sp³-hybridized carbons (Fsp3) is 0.929. The van der Waals surface area contributed by atoms with Crippen LogP contribution in [0.5, 0.6) is 0 Å². The molecular formula is C14H28N2O3. The van der Waals surface area contributed by atoms with Gasteiger partial charge in [-0.1, -0.05) is 13.8 Å². The molecule has 1 saturated heterocycles. The molecule has 5 nitrogen and oxygen atoms in total. The van der Waals surface area contributed by atoms with Crippen LogP contribution in [0.25, 0.3) is 0 Å². The van der Waals surface area contributed by atoms with E-state index in [0.717, 1.165) is 26.0 Å².